The molecular formula is C15H24N2O3. The van der Waals surface area contributed by atoms with Gasteiger partial charge in [0.25, 0.3) is 0 Å². The number of nitrogens with one attached hydrogen (secondary N) is 1. The predicted octanol–water partition coefficient (Wildman–Crippen LogP) is 3.36. The molecule has 0 aliphatic carbocycles. The van der Waals surface area contributed by atoms with Crippen molar-refractivity contribution in [1.82, 2.24) is 4.90 Å². The molecule has 0 aliphatic heterocycles. The van der Waals surface area contributed by atoms with Crippen molar-refractivity contribution in [1.29, 1.82) is 0 Å². The number of ether oxygens (including phenoxy) is 2. The molecule has 20 heavy (non-hydrogen) atoms. The number of carbonyl (C=O) groups excluding carboxylic acids is 1. The molecule has 0 saturated heterocycles. The molecule has 0 aliphatic rings. The van der Waals surface area contributed by atoms with E-state index in [-0.39, 0.29) is 6.03 Å². The number of hydrogen-bond acceptors (Lipinski definition) is 3. The Labute approximate surface area is 120 Å². The maximum atomic E-state index is 12.2. The molecule has 5 heteroatoms. The lowest BCUT2D eigenvalue weighted by atomic mass is 10.2. The zero-order chi connectivity index (χ0) is 15.0. The Morgan fingerprint density at radius 2 is 1.55 bits per heavy atom. The van der Waals surface area contributed by atoms with E-state index < -0.39 is 0 Å². The number of amides is 2. The van der Waals surface area contributed by atoms with Crippen LogP contribution in [0.2, 0.25) is 0 Å². The third kappa shape index (κ3) is 4.64. The van der Waals surface area contributed by atoms with Crippen molar-refractivity contribution in [3.63, 3.8) is 0 Å². The summed E-state index contributed by atoms with van der Waals surface area (Å²) in [5, 5.41) is 2.89. The standard InChI is InChI=1S/C15H24N2O3/c1-5-7-17(8-6-2)15(18)16-12-9-13(19-3)11-14(10-12)20-4/h9-11H,5-8H2,1-4H3,(H,16,18). The third-order valence-corrected chi connectivity index (χ3v) is 2.88. The van der Waals surface area contributed by atoms with Crippen molar-refractivity contribution in [2.75, 3.05) is 32.6 Å². The second-order valence-corrected chi connectivity index (χ2v) is 4.52. The third-order valence-electron chi connectivity index (χ3n) is 2.88. The molecule has 0 aromatic heterocycles. The number of methoxy groups -OCH3 is 2. The van der Waals surface area contributed by atoms with Crippen molar-refractivity contribution in [3.8, 4) is 11.5 Å². The fourth-order valence-corrected chi connectivity index (χ4v) is 1.94. The van der Waals surface area contributed by atoms with E-state index in [9.17, 15) is 4.79 Å². The van der Waals surface area contributed by atoms with Crippen molar-refractivity contribution in [2.45, 2.75) is 26.7 Å². The molecule has 5 nitrogen and oxygen atoms in total. The van der Waals surface area contributed by atoms with Crippen LogP contribution in [0, 0.1) is 0 Å². The minimum Gasteiger partial charge on any atom is -0.497 e. The summed E-state index contributed by atoms with van der Waals surface area (Å²) < 4.78 is 10.4. The van der Waals surface area contributed by atoms with Crippen LogP contribution in [0.1, 0.15) is 26.7 Å². The van der Waals surface area contributed by atoms with Gasteiger partial charge in [-0.1, -0.05) is 13.8 Å². The molecular weight excluding hydrogens is 256 g/mol. The zero-order valence-electron chi connectivity index (χ0n) is 12.7. The van der Waals surface area contributed by atoms with Gasteiger partial charge in [-0.2, -0.15) is 0 Å². The Kier molecular flexibility index (Phi) is 6.70. The molecule has 112 valence electrons. The van der Waals surface area contributed by atoms with Gasteiger partial charge in [-0.3, -0.25) is 0 Å². The van der Waals surface area contributed by atoms with Crippen molar-refractivity contribution in [3.05, 3.63) is 18.2 Å². The zero-order valence-corrected chi connectivity index (χ0v) is 12.7. The van der Waals surface area contributed by atoms with Crippen molar-refractivity contribution < 1.29 is 14.3 Å². The van der Waals surface area contributed by atoms with Crippen LogP contribution in [0.5, 0.6) is 11.5 Å². The summed E-state index contributed by atoms with van der Waals surface area (Å²) in [6.07, 6.45) is 1.88. The Morgan fingerprint density at radius 3 is 1.95 bits per heavy atom. The number of carbonyl (C=O) groups is 1. The minimum atomic E-state index is -0.0935. The molecule has 0 atom stereocenters. The predicted molar refractivity (Wildman–Crippen MR) is 80.7 cm³/mol. The lowest BCUT2D eigenvalue weighted by Crippen LogP contribution is -2.36. The number of rotatable bonds is 7. The normalized spacial score (nSPS) is 10.0. The Balaban J connectivity index is 2.82. The summed E-state index contributed by atoms with van der Waals surface area (Å²) in [5.41, 5.74) is 0.670. The highest BCUT2D eigenvalue weighted by Crippen LogP contribution is 2.25. The average Bonchev–Trinajstić information content (AvgIpc) is 2.46. The summed E-state index contributed by atoms with van der Waals surface area (Å²) in [5.74, 6) is 1.30. The molecule has 1 rings (SSSR count). The van der Waals surface area contributed by atoms with Gasteiger partial charge < -0.3 is 19.7 Å². The van der Waals surface area contributed by atoms with Crippen LogP contribution in [0.15, 0.2) is 18.2 Å². The molecule has 0 saturated carbocycles. The second-order valence-electron chi connectivity index (χ2n) is 4.52. The Hall–Kier alpha value is -1.91. The molecule has 2 amide bonds. The Morgan fingerprint density at radius 1 is 1.05 bits per heavy atom. The number of nitrogens with zero attached hydrogens (tertiary/aromatic N) is 1. The van der Waals surface area contributed by atoms with Gasteiger partial charge in [-0.05, 0) is 12.8 Å². The van der Waals surface area contributed by atoms with Crippen molar-refractivity contribution >= 4 is 11.7 Å². The molecule has 0 unspecified atom stereocenters. The topological polar surface area (TPSA) is 50.8 Å². The van der Waals surface area contributed by atoms with E-state index in [1.54, 1.807) is 32.4 Å². The quantitative estimate of drug-likeness (QED) is 0.833. The highest BCUT2D eigenvalue weighted by atomic mass is 16.5. The van der Waals surface area contributed by atoms with E-state index >= 15 is 0 Å². The number of anilines is 1. The van der Waals surface area contributed by atoms with Crippen LogP contribution in [0.4, 0.5) is 10.5 Å². The van der Waals surface area contributed by atoms with Gasteiger partial charge in [-0.15, -0.1) is 0 Å². The van der Waals surface area contributed by atoms with Crippen LogP contribution in [-0.2, 0) is 0 Å². The molecule has 0 fully saturated rings. The van der Waals surface area contributed by atoms with Gasteiger partial charge >= 0.3 is 6.03 Å². The first-order valence-corrected chi connectivity index (χ1v) is 6.93. The van der Waals surface area contributed by atoms with Gasteiger partial charge in [0.2, 0.25) is 0 Å². The maximum Gasteiger partial charge on any atom is 0.321 e. The van der Waals surface area contributed by atoms with Crippen LogP contribution in [0.25, 0.3) is 0 Å². The molecule has 1 aromatic rings. The van der Waals surface area contributed by atoms with E-state index in [1.165, 1.54) is 0 Å². The van der Waals surface area contributed by atoms with Gasteiger partial charge in [0, 0.05) is 37.0 Å². The van der Waals surface area contributed by atoms with E-state index in [0.717, 1.165) is 25.9 Å². The molecule has 0 heterocycles. The monoisotopic (exact) mass is 280 g/mol. The van der Waals surface area contributed by atoms with E-state index in [2.05, 4.69) is 19.2 Å². The first kappa shape index (κ1) is 16.1. The Bertz CT molecular complexity index is 407. The van der Waals surface area contributed by atoms with Crippen LogP contribution in [0.3, 0.4) is 0 Å². The molecule has 0 bridgehead atoms. The lowest BCUT2D eigenvalue weighted by molar-refractivity contribution is 0.211. The van der Waals surface area contributed by atoms with Crippen LogP contribution >= 0.6 is 0 Å². The van der Waals surface area contributed by atoms with E-state index in [1.807, 2.05) is 4.90 Å². The second kappa shape index (κ2) is 8.30. The molecule has 1 N–H and O–H groups in total. The summed E-state index contributed by atoms with van der Waals surface area (Å²) in [7, 11) is 3.17. The summed E-state index contributed by atoms with van der Waals surface area (Å²) in [6.45, 7) is 5.62. The molecule has 0 spiro atoms. The maximum absolute atomic E-state index is 12.2. The first-order valence-electron chi connectivity index (χ1n) is 6.93. The number of benzene rings is 1. The van der Waals surface area contributed by atoms with Gasteiger partial charge in [0.15, 0.2) is 0 Å². The van der Waals surface area contributed by atoms with Gasteiger partial charge in [0.1, 0.15) is 11.5 Å². The molecule has 0 radical (unpaired) electrons. The smallest absolute Gasteiger partial charge is 0.321 e. The SMILES string of the molecule is CCCN(CCC)C(=O)Nc1cc(OC)cc(OC)c1. The fourth-order valence-electron chi connectivity index (χ4n) is 1.94. The summed E-state index contributed by atoms with van der Waals surface area (Å²) in [4.78, 5) is 14.0. The lowest BCUT2D eigenvalue weighted by Gasteiger charge is -2.22. The highest BCUT2D eigenvalue weighted by molar-refractivity contribution is 5.89. The summed E-state index contributed by atoms with van der Waals surface area (Å²) in [6, 6.07) is 5.22. The highest BCUT2D eigenvalue weighted by Gasteiger charge is 2.12. The number of hydrogen-bond donors (Lipinski definition) is 1. The number of urea groups is 1. The average molecular weight is 280 g/mol. The summed E-state index contributed by atoms with van der Waals surface area (Å²) >= 11 is 0. The largest absolute Gasteiger partial charge is 0.497 e. The van der Waals surface area contributed by atoms with Crippen LogP contribution < -0.4 is 14.8 Å². The van der Waals surface area contributed by atoms with Crippen molar-refractivity contribution in [2.24, 2.45) is 0 Å². The van der Waals surface area contributed by atoms with Crippen LogP contribution in [-0.4, -0.2) is 38.2 Å². The fraction of sp³-hybridized carbons (Fsp3) is 0.533. The van der Waals surface area contributed by atoms with E-state index in [4.69, 9.17) is 9.47 Å². The molecule has 1 aromatic carbocycles. The first-order chi connectivity index (χ1) is 9.64. The van der Waals surface area contributed by atoms with E-state index in [0.29, 0.717) is 17.2 Å². The minimum absolute atomic E-state index is 0.0935. The van der Waals surface area contributed by atoms with Gasteiger partial charge in [0.05, 0.1) is 14.2 Å². The van der Waals surface area contributed by atoms with Gasteiger partial charge in [-0.25, -0.2) is 4.79 Å².